The van der Waals surface area contributed by atoms with Gasteiger partial charge in [-0.25, -0.2) is 4.98 Å². The van der Waals surface area contributed by atoms with Crippen molar-refractivity contribution < 1.29 is 9.66 Å². The fourth-order valence-corrected chi connectivity index (χ4v) is 2.47. The van der Waals surface area contributed by atoms with Crippen LogP contribution >= 0.6 is 11.6 Å². The van der Waals surface area contributed by atoms with Gasteiger partial charge in [0.2, 0.25) is 0 Å². The van der Waals surface area contributed by atoms with Crippen LogP contribution in [0.2, 0.25) is 5.02 Å². The summed E-state index contributed by atoms with van der Waals surface area (Å²) in [5.74, 6) is 0.800. The van der Waals surface area contributed by atoms with Gasteiger partial charge in [0, 0.05) is 5.39 Å². The number of para-hydroxylation sites is 1. The summed E-state index contributed by atoms with van der Waals surface area (Å²) in [5, 5.41) is 11.9. The van der Waals surface area contributed by atoms with Crippen LogP contribution in [0.3, 0.4) is 0 Å². The summed E-state index contributed by atoms with van der Waals surface area (Å²) < 4.78 is 5.25. The van der Waals surface area contributed by atoms with E-state index in [0.717, 1.165) is 0 Å². The Kier molecular flexibility index (Phi) is 4.09. The number of aromatic nitrogens is 1. The molecule has 2 aromatic rings. The Labute approximate surface area is 121 Å². The molecule has 106 valence electrons. The Morgan fingerprint density at radius 1 is 1.45 bits per heavy atom. The fourth-order valence-electron chi connectivity index (χ4n) is 2.14. The highest BCUT2D eigenvalue weighted by atomic mass is 35.5. The van der Waals surface area contributed by atoms with E-state index < -0.39 is 4.92 Å². The maximum atomic E-state index is 11.3. The van der Waals surface area contributed by atoms with Crippen LogP contribution in [0.1, 0.15) is 19.5 Å². The van der Waals surface area contributed by atoms with E-state index >= 15 is 0 Å². The third-order valence-electron chi connectivity index (χ3n) is 2.97. The lowest BCUT2D eigenvalue weighted by molar-refractivity contribution is -0.385. The van der Waals surface area contributed by atoms with Crippen LogP contribution in [0.25, 0.3) is 10.9 Å². The number of nitrogens with zero attached hydrogens (tertiary/aromatic N) is 2. The van der Waals surface area contributed by atoms with E-state index in [9.17, 15) is 10.1 Å². The number of hydrogen-bond donors (Lipinski definition) is 0. The molecule has 0 atom stereocenters. The van der Waals surface area contributed by atoms with Gasteiger partial charge in [-0.05, 0) is 18.4 Å². The van der Waals surface area contributed by atoms with Crippen LogP contribution in [0.5, 0.6) is 5.75 Å². The number of fused-ring (bicyclic) bond motifs is 1. The Hall–Kier alpha value is -1.88. The molecule has 0 spiro atoms. The summed E-state index contributed by atoms with van der Waals surface area (Å²) in [7, 11) is 1.54. The first-order chi connectivity index (χ1) is 9.45. The first-order valence-electron chi connectivity index (χ1n) is 6.25. The summed E-state index contributed by atoms with van der Waals surface area (Å²) in [5.41, 5.74) is 0.842. The molecule has 0 N–H and O–H groups in total. The van der Waals surface area contributed by atoms with Crippen LogP contribution in [0, 0.1) is 16.0 Å². The van der Waals surface area contributed by atoms with Gasteiger partial charge in [0.1, 0.15) is 22.0 Å². The minimum Gasteiger partial charge on any atom is -0.494 e. The second kappa shape index (κ2) is 5.63. The summed E-state index contributed by atoms with van der Waals surface area (Å²) in [4.78, 5) is 15.2. The lowest BCUT2D eigenvalue weighted by atomic mass is 10.0. The minimum atomic E-state index is -0.466. The van der Waals surface area contributed by atoms with Gasteiger partial charge in [0.25, 0.3) is 0 Å². The average Bonchev–Trinajstić information content (AvgIpc) is 2.37. The predicted octanol–water partition coefficient (Wildman–Crippen LogP) is 4.00. The molecule has 0 aliphatic heterocycles. The molecule has 0 radical (unpaired) electrons. The highest BCUT2D eigenvalue weighted by molar-refractivity contribution is 6.37. The predicted molar refractivity (Wildman–Crippen MR) is 78.5 cm³/mol. The molecule has 0 fully saturated rings. The average molecular weight is 295 g/mol. The topological polar surface area (TPSA) is 65.3 Å². The molecule has 6 heteroatoms. The molecule has 1 aromatic heterocycles. The zero-order chi connectivity index (χ0) is 14.9. The molecule has 0 bridgehead atoms. The van der Waals surface area contributed by atoms with Gasteiger partial charge < -0.3 is 4.74 Å². The van der Waals surface area contributed by atoms with Crippen molar-refractivity contribution in [3.63, 3.8) is 0 Å². The molecule has 5 nitrogen and oxygen atoms in total. The normalized spacial score (nSPS) is 11.1. The van der Waals surface area contributed by atoms with Crippen LogP contribution < -0.4 is 4.74 Å². The van der Waals surface area contributed by atoms with Crippen molar-refractivity contribution in [3.8, 4) is 5.75 Å². The van der Waals surface area contributed by atoms with Gasteiger partial charge in [0.05, 0.1) is 12.0 Å². The molecule has 1 aromatic carbocycles. The standard InChI is InChI=1S/C14H15ClN2O3/c1-8(2)7-10-14(17(18)19)12(15)9-5-4-6-11(20-3)13(9)16-10/h4-6,8H,7H2,1-3H3. The summed E-state index contributed by atoms with van der Waals surface area (Å²) in [6, 6.07) is 5.20. The SMILES string of the molecule is COc1cccc2c(Cl)c([N+](=O)[O-])c(CC(C)C)nc12. The smallest absolute Gasteiger partial charge is 0.309 e. The van der Waals surface area contributed by atoms with E-state index in [1.54, 1.807) is 18.2 Å². The van der Waals surface area contributed by atoms with Crippen molar-refractivity contribution in [2.45, 2.75) is 20.3 Å². The van der Waals surface area contributed by atoms with Crippen LogP contribution in [0.15, 0.2) is 18.2 Å². The van der Waals surface area contributed by atoms with E-state index in [4.69, 9.17) is 16.3 Å². The second-order valence-corrected chi connectivity index (χ2v) is 5.31. The van der Waals surface area contributed by atoms with Gasteiger partial charge in [-0.2, -0.15) is 0 Å². The van der Waals surface area contributed by atoms with Crippen LogP contribution in [0.4, 0.5) is 5.69 Å². The Balaban J connectivity index is 2.82. The van der Waals surface area contributed by atoms with E-state index in [-0.39, 0.29) is 16.6 Å². The van der Waals surface area contributed by atoms with Gasteiger partial charge in [-0.3, -0.25) is 10.1 Å². The fraction of sp³-hybridized carbons (Fsp3) is 0.357. The third-order valence-corrected chi connectivity index (χ3v) is 3.35. The maximum absolute atomic E-state index is 11.3. The van der Waals surface area contributed by atoms with Gasteiger partial charge >= 0.3 is 5.69 Å². The lowest BCUT2D eigenvalue weighted by Crippen LogP contribution is -2.05. The Morgan fingerprint density at radius 3 is 2.70 bits per heavy atom. The molecule has 0 unspecified atom stereocenters. The number of methoxy groups -OCH3 is 1. The van der Waals surface area contributed by atoms with Crippen molar-refractivity contribution in [3.05, 3.63) is 39.0 Å². The first-order valence-corrected chi connectivity index (χ1v) is 6.63. The van der Waals surface area contributed by atoms with Crippen molar-refractivity contribution in [2.75, 3.05) is 7.11 Å². The molecule has 0 aliphatic carbocycles. The molecule has 0 amide bonds. The van der Waals surface area contributed by atoms with Crippen molar-refractivity contribution in [2.24, 2.45) is 5.92 Å². The van der Waals surface area contributed by atoms with Crippen LogP contribution in [-0.2, 0) is 6.42 Å². The van der Waals surface area contributed by atoms with Gasteiger partial charge in [-0.1, -0.05) is 37.6 Å². The van der Waals surface area contributed by atoms with Crippen molar-refractivity contribution in [1.29, 1.82) is 0 Å². The molecule has 0 aliphatic rings. The largest absolute Gasteiger partial charge is 0.494 e. The number of halogens is 1. The number of rotatable bonds is 4. The van der Waals surface area contributed by atoms with E-state index in [2.05, 4.69) is 4.98 Å². The van der Waals surface area contributed by atoms with E-state index in [1.807, 2.05) is 13.8 Å². The summed E-state index contributed by atoms with van der Waals surface area (Å²) >= 11 is 6.22. The highest BCUT2D eigenvalue weighted by Gasteiger charge is 2.25. The Morgan fingerprint density at radius 2 is 2.15 bits per heavy atom. The maximum Gasteiger partial charge on any atom is 0.309 e. The van der Waals surface area contributed by atoms with Gasteiger partial charge in [-0.15, -0.1) is 0 Å². The molecule has 0 saturated heterocycles. The quantitative estimate of drug-likeness (QED) is 0.631. The van der Waals surface area contributed by atoms with E-state index in [0.29, 0.717) is 28.8 Å². The summed E-state index contributed by atoms with van der Waals surface area (Å²) in [6.07, 6.45) is 0.490. The third kappa shape index (κ3) is 2.54. The van der Waals surface area contributed by atoms with Crippen molar-refractivity contribution >= 4 is 28.2 Å². The number of benzene rings is 1. The number of ether oxygens (including phenoxy) is 1. The zero-order valence-electron chi connectivity index (χ0n) is 11.5. The molecular weight excluding hydrogens is 280 g/mol. The van der Waals surface area contributed by atoms with Crippen LogP contribution in [-0.4, -0.2) is 17.0 Å². The number of nitro groups is 1. The molecule has 20 heavy (non-hydrogen) atoms. The lowest BCUT2D eigenvalue weighted by Gasteiger charge is -2.11. The second-order valence-electron chi connectivity index (χ2n) is 4.93. The van der Waals surface area contributed by atoms with E-state index in [1.165, 1.54) is 7.11 Å². The minimum absolute atomic E-state index is 0.110. The first kappa shape index (κ1) is 14.5. The molecular formula is C14H15ClN2O3. The Bertz CT molecular complexity index is 671. The highest BCUT2D eigenvalue weighted by Crippen LogP contribution is 2.38. The number of pyridine rings is 1. The number of hydrogen-bond acceptors (Lipinski definition) is 4. The van der Waals surface area contributed by atoms with Crippen molar-refractivity contribution in [1.82, 2.24) is 4.98 Å². The molecule has 2 rings (SSSR count). The molecule has 0 saturated carbocycles. The summed E-state index contributed by atoms with van der Waals surface area (Å²) in [6.45, 7) is 3.96. The van der Waals surface area contributed by atoms with Gasteiger partial charge in [0.15, 0.2) is 0 Å². The zero-order valence-corrected chi connectivity index (χ0v) is 12.3. The monoisotopic (exact) mass is 294 g/mol. The molecule has 1 heterocycles.